The van der Waals surface area contributed by atoms with Crippen molar-refractivity contribution >= 4 is 23.2 Å². The van der Waals surface area contributed by atoms with E-state index in [-0.39, 0.29) is 36.4 Å². The third kappa shape index (κ3) is 5.88. The maximum absolute atomic E-state index is 15.0. The monoisotopic (exact) mass is 464 g/mol. The van der Waals surface area contributed by atoms with Crippen LogP contribution in [0.25, 0.3) is 0 Å². The van der Waals surface area contributed by atoms with Crippen molar-refractivity contribution in [3.8, 4) is 0 Å². The van der Waals surface area contributed by atoms with Gasteiger partial charge in [0.1, 0.15) is 11.9 Å². The molecule has 1 aliphatic carbocycles. The van der Waals surface area contributed by atoms with E-state index in [1.54, 1.807) is 18.2 Å². The van der Waals surface area contributed by atoms with E-state index in [0.717, 1.165) is 41.7 Å². The maximum atomic E-state index is 15.0. The Kier molecular flexibility index (Phi) is 7.55. The molecule has 0 bridgehead atoms. The van der Waals surface area contributed by atoms with Gasteiger partial charge in [0.25, 0.3) is 0 Å². The smallest absolute Gasteiger partial charge is 0.247 e. The number of nitrogens with zero attached hydrogens (tertiary/aromatic N) is 1. The summed E-state index contributed by atoms with van der Waals surface area (Å²) in [6.07, 6.45) is 4.14. The third-order valence-electron chi connectivity index (χ3n) is 6.16. The minimum Gasteiger partial charge on any atom is -0.351 e. The molecular formula is C27H29FN2O2S. The van der Waals surface area contributed by atoms with Gasteiger partial charge in [0, 0.05) is 23.0 Å². The zero-order valence-electron chi connectivity index (χ0n) is 18.8. The minimum absolute atomic E-state index is 0.0698. The van der Waals surface area contributed by atoms with Crippen molar-refractivity contribution in [2.24, 2.45) is 0 Å². The lowest BCUT2D eigenvalue weighted by Crippen LogP contribution is -2.46. The molecule has 0 spiro atoms. The minimum atomic E-state index is -1.04. The lowest BCUT2D eigenvalue weighted by molar-refractivity contribution is -0.141. The molecule has 33 heavy (non-hydrogen) atoms. The first kappa shape index (κ1) is 23.2. The molecule has 1 heterocycles. The van der Waals surface area contributed by atoms with Crippen molar-refractivity contribution in [1.82, 2.24) is 10.2 Å². The second-order valence-corrected chi connectivity index (χ2v) is 9.71. The van der Waals surface area contributed by atoms with Gasteiger partial charge in [0.2, 0.25) is 11.8 Å². The highest BCUT2D eigenvalue weighted by Gasteiger charge is 2.34. The van der Waals surface area contributed by atoms with E-state index >= 15 is 0 Å². The highest BCUT2D eigenvalue weighted by molar-refractivity contribution is 7.10. The van der Waals surface area contributed by atoms with E-state index in [1.165, 1.54) is 22.3 Å². The van der Waals surface area contributed by atoms with Gasteiger partial charge in [-0.1, -0.05) is 66.9 Å². The van der Waals surface area contributed by atoms with Gasteiger partial charge in [0.05, 0.1) is 6.42 Å². The molecule has 4 nitrogen and oxygen atoms in total. The van der Waals surface area contributed by atoms with Gasteiger partial charge in [-0.15, -0.1) is 11.3 Å². The lowest BCUT2D eigenvalue weighted by Gasteiger charge is -2.32. The average Bonchev–Trinajstić information content (AvgIpc) is 3.50. The predicted octanol–water partition coefficient (Wildman–Crippen LogP) is 5.57. The SMILES string of the molecule is Cc1ccc(CN(C(=O)Cc2cccs2)C(C(=O)NC2CCCC2)c2ccccc2F)cc1. The predicted molar refractivity (Wildman–Crippen MR) is 129 cm³/mol. The molecule has 0 aliphatic heterocycles. The average molecular weight is 465 g/mol. The summed E-state index contributed by atoms with van der Waals surface area (Å²) in [6, 6.07) is 17.0. The van der Waals surface area contributed by atoms with E-state index in [4.69, 9.17) is 0 Å². The summed E-state index contributed by atoms with van der Waals surface area (Å²) in [5.74, 6) is -1.01. The number of halogens is 1. The van der Waals surface area contributed by atoms with Gasteiger partial charge in [-0.05, 0) is 42.8 Å². The van der Waals surface area contributed by atoms with Crippen LogP contribution in [0.1, 0.15) is 53.3 Å². The van der Waals surface area contributed by atoms with Gasteiger partial charge in [-0.2, -0.15) is 0 Å². The van der Waals surface area contributed by atoms with Crippen LogP contribution in [0.5, 0.6) is 0 Å². The number of aryl methyl sites for hydroxylation is 1. The van der Waals surface area contributed by atoms with E-state index in [2.05, 4.69) is 5.32 Å². The van der Waals surface area contributed by atoms with Crippen LogP contribution < -0.4 is 5.32 Å². The molecule has 1 unspecified atom stereocenters. The number of rotatable bonds is 8. The van der Waals surface area contributed by atoms with Crippen LogP contribution in [-0.2, 0) is 22.6 Å². The van der Waals surface area contributed by atoms with Crippen molar-refractivity contribution in [2.75, 3.05) is 0 Å². The number of benzene rings is 2. The summed E-state index contributed by atoms with van der Waals surface area (Å²) < 4.78 is 15.0. The molecule has 1 N–H and O–H groups in total. The molecule has 0 radical (unpaired) electrons. The fourth-order valence-corrected chi connectivity index (χ4v) is 5.07. The fraction of sp³-hybridized carbons (Fsp3) is 0.333. The first-order valence-electron chi connectivity index (χ1n) is 11.4. The van der Waals surface area contributed by atoms with Crippen LogP contribution in [0.15, 0.2) is 66.0 Å². The van der Waals surface area contributed by atoms with Crippen LogP contribution in [0.3, 0.4) is 0 Å². The molecule has 6 heteroatoms. The Morgan fingerprint density at radius 3 is 2.45 bits per heavy atom. The Morgan fingerprint density at radius 2 is 1.79 bits per heavy atom. The van der Waals surface area contributed by atoms with Crippen molar-refractivity contribution in [3.63, 3.8) is 0 Å². The van der Waals surface area contributed by atoms with Gasteiger partial charge in [-0.25, -0.2) is 4.39 Å². The van der Waals surface area contributed by atoms with Crippen LogP contribution in [0.4, 0.5) is 4.39 Å². The van der Waals surface area contributed by atoms with E-state index < -0.39 is 11.9 Å². The zero-order valence-corrected chi connectivity index (χ0v) is 19.6. The number of amides is 2. The second kappa shape index (κ2) is 10.8. The first-order valence-corrected chi connectivity index (χ1v) is 12.3. The third-order valence-corrected chi connectivity index (χ3v) is 7.04. The Hall–Kier alpha value is -2.99. The van der Waals surface area contributed by atoms with Crippen molar-refractivity contribution < 1.29 is 14.0 Å². The Balaban J connectivity index is 1.71. The molecule has 1 aromatic heterocycles. The molecule has 1 atom stereocenters. The summed E-state index contributed by atoms with van der Waals surface area (Å²) in [4.78, 5) is 29.6. The van der Waals surface area contributed by atoms with Crippen LogP contribution in [0.2, 0.25) is 0 Å². The standard InChI is InChI=1S/C27H29FN2O2S/c1-19-12-14-20(15-13-19)18-30(25(31)17-22-9-6-16-33-22)26(23-10-4-5-11-24(23)28)27(32)29-21-7-2-3-8-21/h4-6,9-16,21,26H,2-3,7-8,17-18H2,1H3,(H,29,32). The highest BCUT2D eigenvalue weighted by Crippen LogP contribution is 2.29. The molecule has 1 saturated carbocycles. The number of thiophene rings is 1. The van der Waals surface area contributed by atoms with E-state index in [0.29, 0.717) is 0 Å². The molecule has 172 valence electrons. The largest absolute Gasteiger partial charge is 0.351 e. The Bertz CT molecular complexity index is 1080. The van der Waals surface area contributed by atoms with Crippen LogP contribution >= 0.6 is 11.3 Å². The highest BCUT2D eigenvalue weighted by atomic mass is 32.1. The molecule has 2 amide bonds. The maximum Gasteiger partial charge on any atom is 0.247 e. The number of carbonyl (C=O) groups excluding carboxylic acids is 2. The molecule has 1 fully saturated rings. The van der Waals surface area contributed by atoms with Gasteiger partial charge < -0.3 is 10.2 Å². The van der Waals surface area contributed by atoms with Gasteiger partial charge in [0.15, 0.2) is 0 Å². The first-order chi connectivity index (χ1) is 16.0. The van der Waals surface area contributed by atoms with Gasteiger partial charge in [-0.3, -0.25) is 9.59 Å². The van der Waals surface area contributed by atoms with Crippen LogP contribution in [0, 0.1) is 12.7 Å². The van der Waals surface area contributed by atoms with Crippen molar-refractivity contribution in [2.45, 2.75) is 57.7 Å². The molecule has 4 rings (SSSR count). The Morgan fingerprint density at radius 1 is 1.06 bits per heavy atom. The number of carbonyl (C=O) groups is 2. The summed E-state index contributed by atoms with van der Waals surface area (Å²) >= 11 is 1.50. The molecule has 2 aromatic carbocycles. The zero-order chi connectivity index (χ0) is 23.2. The topological polar surface area (TPSA) is 49.4 Å². The van der Waals surface area contributed by atoms with Crippen LogP contribution in [-0.4, -0.2) is 22.8 Å². The van der Waals surface area contributed by atoms with E-state index in [9.17, 15) is 14.0 Å². The van der Waals surface area contributed by atoms with E-state index in [1.807, 2.05) is 48.7 Å². The molecule has 1 aliphatic rings. The number of hydrogen-bond donors (Lipinski definition) is 1. The Labute approximate surface area is 198 Å². The number of nitrogens with one attached hydrogen (secondary N) is 1. The quantitative estimate of drug-likeness (QED) is 0.474. The second-order valence-electron chi connectivity index (χ2n) is 8.68. The molecule has 0 saturated heterocycles. The number of hydrogen-bond acceptors (Lipinski definition) is 3. The summed E-state index contributed by atoms with van der Waals surface area (Å²) in [5.41, 5.74) is 2.23. The molecule has 3 aromatic rings. The van der Waals surface area contributed by atoms with Crippen molar-refractivity contribution in [3.05, 3.63) is 93.4 Å². The molecular weight excluding hydrogens is 435 g/mol. The summed E-state index contributed by atoms with van der Waals surface area (Å²) in [5, 5.41) is 5.02. The summed E-state index contributed by atoms with van der Waals surface area (Å²) in [6.45, 7) is 2.22. The van der Waals surface area contributed by atoms with Gasteiger partial charge >= 0.3 is 0 Å². The fourth-order valence-electron chi connectivity index (χ4n) is 4.38. The normalized spacial score (nSPS) is 14.7. The van der Waals surface area contributed by atoms with Crippen molar-refractivity contribution in [1.29, 1.82) is 0 Å². The lowest BCUT2D eigenvalue weighted by atomic mass is 10.0. The summed E-state index contributed by atoms with van der Waals surface area (Å²) in [7, 11) is 0.